The van der Waals surface area contributed by atoms with E-state index in [1.165, 1.54) is 6.07 Å². The van der Waals surface area contributed by atoms with Gasteiger partial charge in [0.1, 0.15) is 11.3 Å². The summed E-state index contributed by atoms with van der Waals surface area (Å²) in [7, 11) is 0. The van der Waals surface area contributed by atoms with Gasteiger partial charge < -0.3 is 20.9 Å². The van der Waals surface area contributed by atoms with Crippen LogP contribution in [0.2, 0.25) is 0 Å². The van der Waals surface area contributed by atoms with Crippen molar-refractivity contribution in [3.8, 4) is 5.75 Å². The number of nitrogens with two attached hydrogens (primary N) is 1. The lowest BCUT2D eigenvalue weighted by molar-refractivity contribution is 0.0683. The third kappa shape index (κ3) is 3.38. The summed E-state index contributed by atoms with van der Waals surface area (Å²) in [4.78, 5) is 11.2. The number of nitrogens with one attached hydrogen (secondary N) is 1. The first-order valence-corrected chi connectivity index (χ1v) is 6.58. The van der Waals surface area contributed by atoms with Crippen LogP contribution >= 0.6 is 0 Å². The van der Waals surface area contributed by atoms with E-state index in [2.05, 4.69) is 5.32 Å². The fourth-order valence-corrected chi connectivity index (χ4v) is 2.43. The number of benzene rings is 1. The zero-order valence-electron chi connectivity index (χ0n) is 11.1. The second kappa shape index (κ2) is 5.93. The highest BCUT2D eigenvalue weighted by molar-refractivity contribution is 5.92. The van der Waals surface area contributed by atoms with Crippen molar-refractivity contribution in [2.24, 2.45) is 5.92 Å². The average molecular weight is 264 g/mol. The van der Waals surface area contributed by atoms with Gasteiger partial charge in [-0.15, -0.1) is 0 Å². The molecule has 104 valence electrons. The summed E-state index contributed by atoms with van der Waals surface area (Å²) in [5.74, 6) is -0.159. The number of aromatic carboxylic acids is 1. The van der Waals surface area contributed by atoms with Gasteiger partial charge in [-0.25, -0.2) is 4.79 Å². The molecule has 1 atom stereocenters. The van der Waals surface area contributed by atoms with Crippen molar-refractivity contribution in [2.45, 2.75) is 25.9 Å². The van der Waals surface area contributed by atoms with E-state index in [0.717, 1.165) is 25.9 Å². The molecule has 0 radical (unpaired) electrons. The average Bonchev–Trinajstić information content (AvgIpc) is 2.41. The molecule has 1 aliphatic rings. The van der Waals surface area contributed by atoms with E-state index < -0.39 is 5.97 Å². The monoisotopic (exact) mass is 264 g/mol. The van der Waals surface area contributed by atoms with E-state index >= 15 is 0 Å². The highest BCUT2D eigenvalue weighted by atomic mass is 16.5. The van der Waals surface area contributed by atoms with Crippen LogP contribution in [0.25, 0.3) is 0 Å². The molecule has 1 aromatic rings. The van der Waals surface area contributed by atoms with Gasteiger partial charge in [-0.1, -0.05) is 0 Å². The molecule has 1 unspecified atom stereocenters. The standard InChI is InChI=1S/C14H20N2O3/c1-9(10-4-6-16-7-5-10)19-13-3-2-11(15)8-12(13)14(17)18/h2-3,8-10,16H,4-7,15H2,1H3,(H,17,18). The van der Waals surface area contributed by atoms with Crippen LogP contribution in [0.5, 0.6) is 5.75 Å². The lowest BCUT2D eigenvalue weighted by Gasteiger charge is -2.29. The lowest BCUT2D eigenvalue weighted by Crippen LogP contribution is -2.35. The second-order valence-corrected chi connectivity index (χ2v) is 4.97. The normalized spacial score (nSPS) is 17.9. The van der Waals surface area contributed by atoms with Crippen molar-refractivity contribution in [2.75, 3.05) is 18.8 Å². The fraction of sp³-hybridized carbons (Fsp3) is 0.500. The summed E-state index contributed by atoms with van der Waals surface area (Å²) >= 11 is 0. The van der Waals surface area contributed by atoms with E-state index in [1.807, 2.05) is 6.92 Å². The molecule has 0 aliphatic carbocycles. The van der Waals surface area contributed by atoms with Crippen LogP contribution < -0.4 is 15.8 Å². The SMILES string of the molecule is CC(Oc1ccc(N)cc1C(=O)O)C1CCNCC1. The third-order valence-electron chi connectivity index (χ3n) is 3.59. The van der Waals surface area contributed by atoms with Crippen LogP contribution in [0.1, 0.15) is 30.1 Å². The molecule has 1 heterocycles. The molecule has 5 heteroatoms. The van der Waals surface area contributed by atoms with E-state index in [-0.39, 0.29) is 11.7 Å². The molecular formula is C14H20N2O3. The molecule has 19 heavy (non-hydrogen) atoms. The van der Waals surface area contributed by atoms with Gasteiger partial charge in [-0.05, 0) is 57.0 Å². The van der Waals surface area contributed by atoms with E-state index in [1.54, 1.807) is 12.1 Å². The van der Waals surface area contributed by atoms with Crippen LogP contribution in [-0.4, -0.2) is 30.3 Å². The Labute approximate surface area is 112 Å². The zero-order chi connectivity index (χ0) is 13.8. The second-order valence-electron chi connectivity index (χ2n) is 4.97. The summed E-state index contributed by atoms with van der Waals surface area (Å²) in [6.45, 7) is 3.98. The number of ether oxygens (including phenoxy) is 1. The number of carbonyl (C=O) groups is 1. The summed E-state index contributed by atoms with van der Waals surface area (Å²) in [6.07, 6.45) is 2.11. The number of carboxylic acid groups (broad SMARTS) is 1. The Morgan fingerprint density at radius 1 is 1.47 bits per heavy atom. The summed E-state index contributed by atoms with van der Waals surface area (Å²) < 4.78 is 5.84. The van der Waals surface area contributed by atoms with Gasteiger partial charge >= 0.3 is 5.97 Å². The first kappa shape index (κ1) is 13.7. The Bertz CT molecular complexity index is 456. The zero-order valence-corrected chi connectivity index (χ0v) is 11.1. The molecule has 1 saturated heterocycles. The first-order valence-electron chi connectivity index (χ1n) is 6.58. The van der Waals surface area contributed by atoms with Crippen LogP contribution in [0.15, 0.2) is 18.2 Å². The molecule has 0 saturated carbocycles. The molecule has 0 spiro atoms. The topological polar surface area (TPSA) is 84.6 Å². The summed E-state index contributed by atoms with van der Waals surface area (Å²) in [5.41, 5.74) is 6.17. The highest BCUT2D eigenvalue weighted by Gasteiger charge is 2.23. The van der Waals surface area contributed by atoms with E-state index in [4.69, 9.17) is 15.6 Å². The maximum Gasteiger partial charge on any atom is 0.339 e. The molecule has 0 aromatic heterocycles. The van der Waals surface area contributed by atoms with Gasteiger partial charge in [-0.2, -0.15) is 0 Å². The number of nitrogen functional groups attached to an aromatic ring is 1. The smallest absolute Gasteiger partial charge is 0.339 e. The Balaban J connectivity index is 2.11. The molecular weight excluding hydrogens is 244 g/mol. The number of piperidine rings is 1. The maximum atomic E-state index is 11.2. The maximum absolute atomic E-state index is 11.2. The van der Waals surface area contributed by atoms with Crippen LogP contribution in [-0.2, 0) is 0 Å². The summed E-state index contributed by atoms with van der Waals surface area (Å²) in [5, 5.41) is 12.5. The van der Waals surface area contributed by atoms with Crippen LogP contribution in [0, 0.1) is 5.92 Å². The number of rotatable bonds is 4. The molecule has 4 N–H and O–H groups in total. The van der Waals surface area contributed by atoms with E-state index in [0.29, 0.717) is 17.4 Å². The molecule has 0 amide bonds. The number of anilines is 1. The molecule has 1 fully saturated rings. The molecule has 2 rings (SSSR count). The lowest BCUT2D eigenvalue weighted by atomic mass is 9.93. The Morgan fingerprint density at radius 3 is 2.79 bits per heavy atom. The molecule has 5 nitrogen and oxygen atoms in total. The highest BCUT2D eigenvalue weighted by Crippen LogP contribution is 2.26. The van der Waals surface area contributed by atoms with Crippen LogP contribution in [0.4, 0.5) is 5.69 Å². The van der Waals surface area contributed by atoms with Gasteiger partial charge in [-0.3, -0.25) is 0 Å². The molecule has 0 bridgehead atoms. The third-order valence-corrected chi connectivity index (χ3v) is 3.59. The predicted molar refractivity (Wildman–Crippen MR) is 73.5 cm³/mol. The van der Waals surface area contributed by atoms with Gasteiger partial charge in [0.05, 0.1) is 6.10 Å². The molecule has 1 aromatic carbocycles. The van der Waals surface area contributed by atoms with Crippen molar-refractivity contribution in [1.82, 2.24) is 5.32 Å². The quantitative estimate of drug-likeness (QED) is 0.721. The number of hydrogen-bond donors (Lipinski definition) is 3. The molecule has 1 aliphatic heterocycles. The van der Waals surface area contributed by atoms with Crippen molar-refractivity contribution in [3.05, 3.63) is 23.8 Å². The van der Waals surface area contributed by atoms with Gasteiger partial charge in [0.15, 0.2) is 0 Å². The Kier molecular flexibility index (Phi) is 4.27. The summed E-state index contributed by atoms with van der Waals surface area (Å²) in [6, 6.07) is 4.74. The number of carboxylic acids is 1. The van der Waals surface area contributed by atoms with Crippen LogP contribution in [0.3, 0.4) is 0 Å². The Morgan fingerprint density at radius 2 is 2.16 bits per heavy atom. The first-order chi connectivity index (χ1) is 9.08. The van der Waals surface area contributed by atoms with Crippen molar-refractivity contribution in [3.63, 3.8) is 0 Å². The van der Waals surface area contributed by atoms with E-state index in [9.17, 15) is 4.79 Å². The van der Waals surface area contributed by atoms with Gasteiger partial charge in [0.25, 0.3) is 0 Å². The van der Waals surface area contributed by atoms with Crippen molar-refractivity contribution < 1.29 is 14.6 Å². The predicted octanol–water partition coefficient (Wildman–Crippen LogP) is 1.73. The minimum atomic E-state index is -1.01. The number of hydrogen-bond acceptors (Lipinski definition) is 4. The largest absolute Gasteiger partial charge is 0.490 e. The van der Waals surface area contributed by atoms with Gasteiger partial charge in [0, 0.05) is 5.69 Å². The minimum absolute atomic E-state index is 0.00354. The fourth-order valence-electron chi connectivity index (χ4n) is 2.43. The van der Waals surface area contributed by atoms with Gasteiger partial charge in [0.2, 0.25) is 0 Å². The van der Waals surface area contributed by atoms with Crippen molar-refractivity contribution >= 4 is 11.7 Å². The van der Waals surface area contributed by atoms with Crippen molar-refractivity contribution in [1.29, 1.82) is 0 Å². The minimum Gasteiger partial charge on any atom is -0.490 e. The Hall–Kier alpha value is -1.75.